The molecule has 0 fully saturated rings. The summed E-state index contributed by atoms with van der Waals surface area (Å²) in [5.74, 6) is 0. The van der Waals surface area contributed by atoms with Gasteiger partial charge in [0.1, 0.15) is 0 Å². The van der Waals surface area contributed by atoms with Gasteiger partial charge in [-0.3, -0.25) is 0 Å². The monoisotopic (exact) mass is 290 g/mol. The topological polar surface area (TPSA) is 0 Å². The summed E-state index contributed by atoms with van der Waals surface area (Å²) in [6, 6.07) is 6.29. The van der Waals surface area contributed by atoms with Gasteiger partial charge in [0.25, 0.3) is 0 Å². The van der Waals surface area contributed by atoms with Crippen LogP contribution in [0.25, 0.3) is 0 Å². The third-order valence-corrected chi connectivity index (χ3v) is 3.45. The molecule has 0 aliphatic heterocycles. The van der Waals surface area contributed by atoms with E-state index < -0.39 is 13.5 Å². The van der Waals surface area contributed by atoms with Crippen molar-refractivity contribution >= 4 is 24.0 Å². The van der Waals surface area contributed by atoms with Crippen LogP contribution in [0, 0.1) is 13.8 Å². The molecule has 0 aliphatic carbocycles. The minimum absolute atomic E-state index is 1.18. The summed E-state index contributed by atoms with van der Waals surface area (Å²) >= 11 is -1.66. The normalized spacial score (nSPS) is 11.2. The van der Waals surface area contributed by atoms with E-state index in [9.17, 15) is 0 Å². The first-order chi connectivity index (χ1) is 5.59. The van der Waals surface area contributed by atoms with E-state index >= 15 is 0 Å². The Morgan fingerprint density at radius 2 is 1.92 bits per heavy atom. The second kappa shape index (κ2) is 4.51. The van der Waals surface area contributed by atoms with E-state index in [2.05, 4.69) is 32.0 Å². The number of benzene rings is 1. The molecule has 0 bridgehead atoms. The fourth-order valence-corrected chi connectivity index (χ4v) is 2.89. The summed E-state index contributed by atoms with van der Waals surface area (Å²) in [7, 11) is 11.6. The molecule has 0 unspecified atom stereocenters. The Hall–Kier alpha value is 0.293. The van der Waals surface area contributed by atoms with E-state index in [4.69, 9.17) is 19.4 Å². The molecular formula is C9H10Cl2Ru. The van der Waals surface area contributed by atoms with E-state index in [1.165, 1.54) is 16.7 Å². The van der Waals surface area contributed by atoms with Crippen LogP contribution in [0.15, 0.2) is 18.2 Å². The van der Waals surface area contributed by atoms with Crippen LogP contribution < -0.4 is 0 Å². The molecule has 0 heterocycles. The standard InChI is InChI=1S/C9H10.2ClH.Ru/c1-7-4-5-8(2)9(3)6-7;;;/h3-6H,1-2H3;2*1H;/q;;;+2/p-2. The second-order valence-corrected chi connectivity index (χ2v) is 8.39. The van der Waals surface area contributed by atoms with E-state index in [-0.39, 0.29) is 0 Å². The van der Waals surface area contributed by atoms with Gasteiger partial charge in [-0.1, -0.05) is 0 Å². The first kappa shape index (κ1) is 10.4. The van der Waals surface area contributed by atoms with Gasteiger partial charge in [-0.15, -0.1) is 0 Å². The van der Waals surface area contributed by atoms with Gasteiger partial charge in [0.05, 0.1) is 0 Å². The first-order valence-corrected chi connectivity index (χ1v) is 8.98. The van der Waals surface area contributed by atoms with Crippen molar-refractivity contribution in [1.29, 1.82) is 0 Å². The molecule has 0 N–H and O–H groups in total. The van der Waals surface area contributed by atoms with Gasteiger partial charge < -0.3 is 0 Å². The number of aryl methyl sites for hydroxylation is 2. The molecule has 0 saturated carbocycles. The Bertz CT molecular complexity index is 314. The van der Waals surface area contributed by atoms with Crippen molar-refractivity contribution in [2.45, 2.75) is 13.8 Å². The number of halogens is 2. The van der Waals surface area contributed by atoms with Crippen LogP contribution in [0.2, 0.25) is 0 Å². The van der Waals surface area contributed by atoms with Gasteiger partial charge in [-0.2, -0.15) is 0 Å². The van der Waals surface area contributed by atoms with E-state index in [0.29, 0.717) is 0 Å². The molecule has 0 nitrogen and oxygen atoms in total. The van der Waals surface area contributed by atoms with Crippen molar-refractivity contribution in [2.24, 2.45) is 0 Å². The molecule has 1 rings (SSSR count). The summed E-state index contributed by atoms with van der Waals surface area (Å²) in [5, 5.41) is 0. The zero-order valence-electron chi connectivity index (χ0n) is 6.92. The number of hydrogen-bond donors (Lipinski definition) is 0. The molecular weight excluding hydrogens is 280 g/mol. The third kappa shape index (κ3) is 2.97. The molecule has 68 valence electrons. The van der Waals surface area contributed by atoms with Crippen molar-refractivity contribution in [3.8, 4) is 0 Å². The number of rotatable bonds is 1. The molecule has 0 aliphatic rings. The zero-order chi connectivity index (χ0) is 9.14. The summed E-state index contributed by atoms with van der Waals surface area (Å²) < 4.78 is 1.98. The van der Waals surface area contributed by atoms with Crippen LogP contribution in [0.5, 0.6) is 0 Å². The molecule has 12 heavy (non-hydrogen) atoms. The Labute approximate surface area is 86.0 Å². The van der Waals surface area contributed by atoms with Gasteiger partial charge in [0, 0.05) is 0 Å². The van der Waals surface area contributed by atoms with Gasteiger partial charge in [0.15, 0.2) is 0 Å². The van der Waals surface area contributed by atoms with Crippen LogP contribution in [-0.2, 0) is 13.5 Å². The van der Waals surface area contributed by atoms with Crippen molar-refractivity contribution in [3.05, 3.63) is 34.9 Å². The molecule has 0 radical (unpaired) electrons. The van der Waals surface area contributed by atoms with Crippen molar-refractivity contribution < 1.29 is 13.5 Å². The maximum atomic E-state index is 5.79. The molecule has 1 aromatic rings. The molecule has 0 amide bonds. The van der Waals surface area contributed by atoms with Gasteiger partial charge >= 0.3 is 86.2 Å². The fraction of sp³-hybridized carbons (Fsp3) is 0.222. The zero-order valence-corrected chi connectivity index (χ0v) is 10.2. The molecule has 0 atom stereocenters. The quantitative estimate of drug-likeness (QED) is 0.696. The van der Waals surface area contributed by atoms with Crippen molar-refractivity contribution in [1.82, 2.24) is 0 Å². The second-order valence-electron chi connectivity index (χ2n) is 2.67. The molecule has 3 heteroatoms. The van der Waals surface area contributed by atoms with E-state index in [0.717, 1.165) is 0 Å². The van der Waals surface area contributed by atoms with Crippen LogP contribution in [0.4, 0.5) is 0 Å². The number of hydrogen-bond acceptors (Lipinski definition) is 0. The van der Waals surface area contributed by atoms with Crippen LogP contribution in [0.3, 0.4) is 0 Å². The average Bonchev–Trinajstić information content (AvgIpc) is 1.96. The maximum absolute atomic E-state index is 5.79. The third-order valence-electron chi connectivity index (χ3n) is 1.62. The Morgan fingerprint density at radius 1 is 1.25 bits per heavy atom. The van der Waals surface area contributed by atoms with Gasteiger partial charge in [-0.05, 0) is 0 Å². The van der Waals surface area contributed by atoms with Crippen LogP contribution in [0.1, 0.15) is 16.7 Å². The molecule has 0 aromatic heterocycles. The van der Waals surface area contributed by atoms with Gasteiger partial charge in [0.2, 0.25) is 0 Å². The molecule has 0 spiro atoms. The van der Waals surface area contributed by atoms with Crippen LogP contribution >= 0.6 is 19.4 Å². The first-order valence-electron chi connectivity index (χ1n) is 3.50. The predicted octanol–water partition coefficient (Wildman–Crippen LogP) is 3.38. The SMILES string of the molecule is Cc1ccc(C)c([CH]=[Ru]([Cl])[Cl])c1. The average molecular weight is 290 g/mol. The molecule has 0 saturated heterocycles. The predicted molar refractivity (Wildman–Crippen MR) is 52.8 cm³/mol. The fourth-order valence-electron chi connectivity index (χ4n) is 0.953. The van der Waals surface area contributed by atoms with Crippen LogP contribution in [-0.4, -0.2) is 4.61 Å². The summed E-state index contributed by atoms with van der Waals surface area (Å²) in [5.41, 5.74) is 3.66. The Kier molecular flexibility index (Phi) is 3.90. The van der Waals surface area contributed by atoms with E-state index in [1.807, 2.05) is 4.61 Å². The van der Waals surface area contributed by atoms with Crippen molar-refractivity contribution in [3.63, 3.8) is 0 Å². The Morgan fingerprint density at radius 3 is 2.50 bits per heavy atom. The summed E-state index contributed by atoms with van der Waals surface area (Å²) in [4.78, 5) is 0. The van der Waals surface area contributed by atoms with E-state index in [1.54, 1.807) is 0 Å². The van der Waals surface area contributed by atoms with Crippen molar-refractivity contribution in [2.75, 3.05) is 0 Å². The summed E-state index contributed by atoms with van der Waals surface area (Å²) in [6.45, 7) is 4.13. The summed E-state index contributed by atoms with van der Waals surface area (Å²) in [6.07, 6.45) is 0. The Balaban J connectivity index is 3.14. The minimum atomic E-state index is -1.66. The molecule has 1 aromatic carbocycles. The van der Waals surface area contributed by atoms with Gasteiger partial charge in [-0.25, -0.2) is 0 Å².